The molecule has 0 aromatic carbocycles. The molecule has 0 radical (unpaired) electrons. The van der Waals surface area contributed by atoms with E-state index in [1.54, 1.807) is 0 Å². The first kappa shape index (κ1) is 16.7. The largest absolute Gasteiger partial charge is 0.409 e. The third kappa shape index (κ3) is 3.89. The first-order chi connectivity index (χ1) is 8.37. The number of oxime groups is 1. The van der Waals surface area contributed by atoms with Crippen LogP contribution in [-0.4, -0.2) is 22.5 Å². The van der Waals surface area contributed by atoms with Crippen LogP contribution in [0.15, 0.2) is 5.16 Å². The van der Waals surface area contributed by atoms with Crippen molar-refractivity contribution in [3.8, 4) is 0 Å². The summed E-state index contributed by atoms with van der Waals surface area (Å²) in [5.41, 5.74) is 5.41. The number of rotatable bonds is 7. The van der Waals surface area contributed by atoms with Crippen molar-refractivity contribution in [2.24, 2.45) is 22.7 Å². The number of nitrogens with two attached hydrogens (primary N) is 1. The second kappa shape index (κ2) is 7.24. The first-order valence-corrected chi connectivity index (χ1v) is 6.66. The maximum absolute atomic E-state index is 12.3. The molecule has 1 amide bonds. The number of hydrogen-bond acceptors (Lipinski definition) is 3. The zero-order chi connectivity index (χ0) is 14.3. The topological polar surface area (TPSA) is 87.7 Å². The van der Waals surface area contributed by atoms with E-state index in [1.165, 1.54) is 0 Å². The molecule has 0 saturated carbocycles. The molecular formula is C13H27N3O2. The Morgan fingerprint density at radius 3 is 2.00 bits per heavy atom. The standard InChI is InChI=1S/C13H27N3O2/c1-6-13(7-2,8-3)15-12(17)10(9(4)5)11(14)16-18/h9-10,18H,6-8H2,1-5H3,(H2,14,16)(H,15,17). The summed E-state index contributed by atoms with van der Waals surface area (Å²) in [7, 11) is 0. The number of nitrogens with zero attached hydrogens (tertiary/aromatic N) is 1. The van der Waals surface area contributed by atoms with E-state index in [-0.39, 0.29) is 23.2 Å². The van der Waals surface area contributed by atoms with Crippen molar-refractivity contribution in [1.82, 2.24) is 5.32 Å². The molecule has 0 bridgehead atoms. The summed E-state index contributed by atoms with van der Waals surface area (Å²) < 4.78 is 0. The molecule has 0 aromatic rings. The number of carbonyl (C=O) groups excluding carboxylic acids is 1. The predicted octanol–water partition coefficient (Wildman–Crippen LogP) is 2.09. The molecule has 0 saturated heterocycles. The lowest BCUT2D eigenvalue weighted by atomic mass is 9.87. The zero-order valence-corrected chi connectivity index (χ0v) is 12.2. The van der Waals surface area contributed by atoms with Crippen LogP contribution in [0.4, 0.5) is 0 Å². The maximum atomic E-state index is 12.3. The summed E-state index contributed by atoms with van der Waals surface area (Å²) in [6.45, 7) is 9.94. The van der Waals surface area contributed by atoms with Gasteiger partial charge in [-0.3, -0.25) is 4.79 Å². The SMILES string of the molecule is CCC(CC)(CC)NC(=O)C(C(N)=NO)C(C)C. The van der Waals surface area contributed by atoms with Gasteiger partial charge in [-0.1, -0.05) is 39.8 Å². The predicted molar refractivity (Wildman–Crippen MR) is 73.5 cm³/mol. The highest BCUT2D eigenvalue weighted by molar-refractivity contribution is 6.02. The molecule has 0 aromatic heterocycles. The van der Waals surface area contributed by atoms with Gasteiger partial charge in [-0.2, -0.15) is 0 Å². The van der Waals surface area contributed by atoms with Crippen LogP contribution in [0.25, 0.3) is 0 Å². The van der Waals surface area contributed by atoms with Crippen LogP contribution in [0, 0.1) is 11.8 Å². The third-order valence-corrected chi connectivity index (χ3v) is 3.80. The van der Waals surface area contributed by atoms with Crippen molar-refractivity contribution in [1.29, 1.82) is 0 Å². The lowest BCUT2D eigenvalue weighted by Crippen LogP contribution is -2.52. The van der Waals surface area contributed by atoms with Gasteiger partial charge in [0.15, 0.2) is 5.84 Å². The van der Waals surface area contributed by atoms with Gasteiger partial charge in [0.05, 0.1) is 0 Å². The van der Waals surface area contributed by atoms with Crippen LogP contribution < -0.4 is 11.1 Å². The number of amides is 1. The van der Waals surface area contributed by atoms with E-state index in [2.05, 4.69) is 31.2 Å². The molecular weight excluding hydrogens is 230 g/mol. The molecule has 0 aliphatic heterocycles. The van der Waals surface area contributed by atoms with Crippen LogP contribution in [0.1, 0.15) is 53.9 Å². The van der Waals surface area contributed by atoms with Crippen LogP contribution in [0.2, 0.25) is 0 Å². The van der Waals surface area contributed by atoms with Crippen LogP contribution >= 0.6 is 0 Å². The van der Waals surface area contributed by atoms with Crippen molar-refractivity contribution >= 4 is 11.7 Å². The van der Waals surface area contributed by atoms with Crippen molar-refractivity contribution in [3.05, 3.63) is 0 Å². The molecule has 1 atom stereocenters. The van der Waals surface area contributed by atoms with Gasteiger partial charge in [0.1, 0.15) is 5.92 Å². The molecule has 0 rings (SSSR count). The highest BCUT2D eigenvalue weighted by Crippen LogP contribution is 2.21. The average molecular weight is 257 g/mol. The molecule has 0 fully saturated rings. The summed E-state index contributed by atoms with van der Waals surface area (Å²) in [5, 5.41) is 14.8. The molecule has 0 aliphatic carbocycles. The molecule has 1 unspecified atom stereocenters. The van der Waals surface area contributed by atoms with E-state index >= 15 is 0 Å². The van der Waals surface area contributed by atoms with Gasteiger partial charge in [0, 0.05) is 5.54 Å². The third-order valence-electron chi connectivity index (χ3n) is 3.80. The number of nitrogens with one attached hydrogen (secondary N) is 1. The van der Waals surface area contributed by atoms with Gasteiger partial charge in [0.2, 0.25) is 5.91 Å². The molecule has 106 valence electrons. The Balaban J connectivity index is 5.01. The highest BCUT2D eigenvalue weighted by Gasteiger charge is 2.33. The second-order valence-corrected chi connectivity index (χ2v) is 5.08. The minimum Gasteiger partial charge on any atom is -0.409 e. The Hall–Kier alpha value is -1.26. The summed E-state index contributed by atoms with van der Waals surface area (Å²) in [5.74, 6) is -0.784. The molecule has 0 aliphatic rings. The van der Waals surface area contributed by atoms with E-state index in [0.717, 1.165) is 19.3 Å². The zero-order valence-electron chi connectivity index (χ0n) is 12.2. The summed E-state index contributed by atoms with van der Waals surface area (Å²) in [4.78, 5) is 12.3. The Morgan fingerprint density at radius 1 is 1.28 bits per heavy atom. The smallest absolute Gasteiger partial charge is 0.231 e. The van der Waals surface area contributed by atoms with Crippen LogP contribution in [0.3, 0.4) is 0 Å². The Morgan fingerprint density at radius 2 is 1.72 bits per heavy atom. The van der Waals surface area contributed by atoms with Crippen molar-refractivity contribution in [3.63, 3.8) is 0 Å². The minimum absolute atomic E-state index is 0.0100. The van der Waals surface area contributed by atoms with Gasteiger partial charge >= 0.3 is 0 Å². The van der Waals surface area contributed by atoms with Gasteiger partial charge in [-0.15, -0.1) is 0 Å². The van der Waals surface area contributed by atoms with Gasteiger partial charge in [0.25, 0.3) is 0 Å². The minimum atomic E-state index is -0.584. The van der Waals surface area contributed by atoms with Crippen molar-refractivity contribution in [2.45, 2.75) is 59.4 Å². The fourth-order valence-electron chi connectivity index (χ4n) is 2.20. The van der Waals surface area contributed by atoms with Crippen molar-refractivity contribution < 1.29 is 10.0 Å². The molecule has 5 nitrogen and oxygen atoms in total. The average Bonchev–Trinajstić information content (AvgIpc) is 2.35. The second-order valence-electron chi connectivity index (χ2n) is 5.08. The number of hydrogen-bond donors (Lipinski definition) is 3. The molecule has 18 heavy (non-hydrogen) atoms. The number of carbonyl (C=O) groups is 1. The normalized spacial score (nSPS) is 14.7. The molecule has 0 heterocycles. The summed E-state index contributed by atoms with van der Waals surface area (Å²) in [6.07, 6.45) is 2.60. The Labute approximate surface area is 110 Å². The quantitative estimate of drug-likeness (QED) is 0.282. The van der Waals surface area contributed by atoms with Crippen molar-refractivity contribution in [2.75, 3.05) is 0 Å². The van der Waals surface area contributed by atoms with E-state index in [0.29, 0.717) is 0 Å². The van der Waals surface area contributed by atoms with E-state index in [1.807, 2.05) is 13.8 Å². The van der Waals surface area contributed by atoms with E-state index < -0.39 is 5.92 Å². The molecule has 0 spiro atoms. The first-order valence-electron chi connectivity index (χ1n) is 6.66. The molecule has 5 heteroatoms. The monoisotopic (exact) mass is 257 g/mol. The Bertz CT molecular complexity index is 288. The fraction of sp³-hybridized carbons (Fsp3) is 0.846. The summed E-state index contributed by atoms with van der Waals surface area (Å²) in [6, 6.07) is 0. The fourth-order valence-corrected chi connectivity index (χ4v) is 2.20. The molecule has 4 N–H and O–H groups in total. The van der Waals surface area contributed by atoms with E-state index in [4.69, 9.17) is 10.9 Å². The highest BCUT2D eigenvalue weighted by atomic mass is 16.4. The summed E-state index contributed by atoms with van der Waals surface area (Å²) >= 11 is 0. The van der Waals surface area contributed by atoms with Crippen LogP contribution in [0.5, 0.6) is 0 Å². The van der Waals surface area contributed by atoms with Gasteiger partial charge in [-0.05, 0) is 25.2 Å². The lowest BCUT2D eigenvalue weighted by molar-refractivity contribution is -0.126. The van der Waals surface area contributed by atoms with E-state index in [9.17, 15) is 4.79 Å². The van der Waals surface area contributed by atoms with Gasteiger partial charge in [-0.25, -0.2) is 0 Å². The Kier molecular flexibility index (Phi) is 6.73. The maximum Gasteiger partial charge on any atom is 0.231 e. The van der Waals surface area contributed by atoms with Gasteiger partial charge < -0.3 is 16.3 Å². The number of amidine groups is 1. The lowest BCUT2D eigenvalue weighted by Gasteiger charge is -2.34. The van der Waals surface area contributed by atoms with Crippen LogP contribution in [-0.2, 0) is 4.79 Å².